The van der Waals surface area contributed by atoms with Crippen molar-refractivity contribution in [3.05, 3.63) is 121 Å². The summed E-state index contributed by atoms with van der Waals surface area (Å²) < 4.78 is 0. The number of carbonyl (C=O) groups excluding carboxylic acids is 1. The van der Waals surface area contributed by atoms with Crippen LogP contribution >= 0.6 is 17.2 Å². The molecule has 0 saturated heterocycles. The third-order valence-corrected chi connectivity index (χ3v) is 14.8. The molecular weight excluding hydrogens is 481 g/mol. The summed E-state index contributed by atoms with van der Waals surface area (Å²) in [5.41, 5.74) is 1.93. The van der Waals surface area contributed by atoms with Gasteiger partial charge >= 0.3 is 220 Å². The van der Waals surface area contributed by atoms with Crippen LogP contribution in [0.2, 0.25) is 0 Å². The van der Waals surface area contributed by atoms with E-state index in [-0.39, 0.29) is 11.8 Å². The fourth-order valence-electron chi connectivity index (χ4n) is 5.64. The van der Waals surface area contributed by atoms with Gasteiger partial charge in [0.15, 0.2) is 0 Å². The third kappa shape index (κ3) is 4.61. The molecule has 0 bridgehead atoms. The summed E-state index contributed by atoms with van der Waals surface area (Å²) in [4.78, 5) is 13.2. The second-order valence-corrected chi connectivity index (χ2v) is 16.3. The standard InChI is InChI=1S/C32H33ClNOP/c33-36(28-18-7-2-8-19-28,29-20-9-3-10-21-29,30-22-11-4-12-23-30)25-27-17-13-14-24-31(27)34-32(35)26-15-5-1-6-16-26/h2-4,7-14,17-24,26H,1,5-6,15-16,25H2,(H,34,35). The molecule has 4 heteroatoms. The first-order valence-electron chi connectivity index (χ1n) is 12.9. The molecule has 5 rings (SSSR count). The molecule has 0 unspecified atom stereocenters. The second-order valence-electron chi connectivity index (χ2n) is 9.83. The molecule has 36 heavy (non-hydrogen) atoms. The quantitative estimate of drug-likeness (QED) is 0.256. The molecule has 1 aliphatic rings. The van der Waals surface area contributed by atoms with Crippen molar-refractivity contribution >= 4 is 44.7 Å². The van der Waals surface area contributed by atoms with Gasteiger partial charge in [0.25, 0.3) is 0 Å². The minimum absolute atomic E-state index is 0.0930. The monoisotopic (exact) mass is 513 g/mol. The zero-order valence-electron chi connectivity index (χ0n) is 20.5. The number of carbonyl (C=O) groups is 1. The van der Waals surface area contributed by atoms with Crippen molar-refractivity contribution in [2.24, 2.45) is 5.92 Å². The van der Waals surface area contributed by atoms with Crippen molar-refractivity contribution in [2.45, 2.75) is 38.3 Å². The van der Waals surface area contributed by atoms with Crippen LogP contribution in [0.4, 0.5) is 5.69 Å². The Hall–Kier alpha value is -2.93. The molecular formula is C32H33ClNOP. The van der Waals surface area contributed by atoms with Gasteiger partial charge < -0.3 is 0 Å². The van der Waals surface area contributed by atoms with Crippen molar-refractivity contribution in [3.8, 4) is 0 Å². The van der Waals surface area contributed by atoms with Gasteiger partial charge in [-0.05, 0) is 0 Å². The Morgan fingerprint density at radius 1 is 0.667 bits per heavy atom. The molecule has 0 heterocycles. The summed E-state index contributed by atoms with van der Waals surface area (Å²) in [7, 11) is 0. The molecule has 1 aliphatic carbocycles. The predicted molar refractivity (Wildman–Crippen MR) is 156 cm³/mol. The molecule has 1 amide bonds. The summed E-state index contributed by atoms with van der Waals surface area (Å²) in [6, 6.07) is 39.7. The van der Waals surface area contributed by atoms with Crippen LogP contribution in [0.3, 0.4) is 0 Å². The molecule has 1 fully saturated rings. The van der Waals surface area contributed by atoms with Gasteiger partial charge in [0.05, 0.1) is 0 Å². The zero-order valence-corrected chi connectivity index (χ0v) is 22.2. The van der Waals surface area contributed by atoms with E-state index in [2.05, 4.69) is 84.2 Å². The Bertz CT molecular complexity index is 1200. The summed E-state index contributed by atoms with van der Waals surface area (Å²) in [5.74, 6) is -3.26. The molecule has 0 aliphatic heterocycles. The first kappa shape index (κ1) is 24.8. The van der Waals surface area contributed by atoms with Gasteiger partial charge in [-0.15, -0.1) is 0 Å². The van der Waals surface area contributed by atoms with E-state index in [1.165, 1.54) is 6.42 Å². The van der Waals surface area contributed by atoms with E-state index in [4.69, 9.17) is 11.2 Å². The minimum atomic E-state index is -3.49. The first-order valence-corrected chi connectivity index (χ1v) is 16.2. The Labute approximate surface area is 219 Å². The summed E-state index contributed by atoms with van der Waals surface area (Å²) in [6.45, 7) is 0. The maximum absolute atomic E-state index is 13.2. The SMILES string of the molecule is O=C(Nc1ccccc1CP(Cl)(c1ccccc1)(c1ccccc1)c1ccccc1)C1CCCCC1. The predicted octanol–water partition coefficient (Wildman–Crippen LogP) is 7.39. The van der Waals surface area contributed by atoms with E-state index < -0.39 is 5.96 Å². The van der Waals surface area contributed by atoms with Crippen molar-refractivity contribution in [3.63, 3.8) is 0 Å². The van der Waals surface area contributed by atoms with Crippen LogP contribution in [0.1, 0.15) is 37.7 Å². The first-order chi connectivity index (χ1) is 17.6. The number of hydrogen-bond acceptors (Lipinski definition) is 1. The number of amides is 1. The topological polar surface area (TPSA) is 29.1 Å². The number of rotatable bonds is 7. The Kier molecular flexibility index (Phi) is 7.28. The van der Waals surface area contributed by atoms with Crippen molar-refractivity contribution in [1.29, 1.82) is 0 Å². The number of halogens is 1. The third-order valence-electron chi connectivity index (χ3n) is 7.60. The van der Waals surface area contributed by atoms with Gasteiger partial charge in [-0.3, -0.25) is 0 Å². The number of anilines is 1. The molecule has 4 aromatic rings. The number of hydrogen-bond donors (Lipinski definition) is 1. The van der Waals surface area contributed by atoms with Crippen LogP contribution < -0.4 is 21.2 Å². The van der Waals surface area contributed by atoms with Crippen molar-refractivity contribution < 1.29 is 4.79 Å². The molecule has 4 aromatic carbocycles. The number of benzene rings is 4. The average Bonchev–Trinajstić information content (AvgIpc) is 2.96. The van der Waals surface area contributed by atoms with Crippen LogP contribution in [-0.2, 0) is 11.0 Å². The van der Waals surface area contributed by atoms with E-state index in [1.807, 2.05) is 36.4 Å². The molecule has 2 nitrogen and oxygen atoms in total. The van der Waals surface area contributed by atoms with Crippen LogP contribution in [0.15, 0.2) is 115 Å². The Balaban J connectivity index is 1.67. The maximum atomic E-state index is 13.2. The molecule has 0 atom stereocenters. The second kappa shape index (κ2) is 10.6. The van der Waals surface area contributed by atoms with E-state index in [9.17, 15) is 4.79 Å². The zero-order chi connectivity index (χ0) is 24.9. The van der Waals surface area contributed by atoms with Crippen molar-refractivity contribution in [1.82, 2.24) is 0 Å². The number of para-hydroxylation sites is 1. The van der Waals surface area contributed by atoms with Gasteiger partial charge in [-0.25, -0.2) is 0 Å². The average molecular weight is 514 g/mol. The van der Waals surface area contributed by atoms with E-state index in [0.717, 1.165) is 52.8 Å². The summed E-state index contributed by atoms with van der Waals surface area (Å²) >= 11 is 8.28. The fraction of sp³-hybridized carbons (Fsp3) is 0.219. The molecule has 1 saturated carbocycles. The fourth-order valence-corrected chi connectivity index (χ4v) is 11.8. The van der Waals surface area contributed by atoms with Crippen LogP contribution in [0.25, 0.3) is 0 Å². The summed E-state index contributed by atoms with van der Waals surface area (Å²) in [5, 5.41) is 6.66. The Morgan fingerprint density at radius 3 is 1.61 bits per heavy atom. The van der Waals surface area contributed by atoms with Gasteiger partial charge in [0, 0.05) is 0 Å². The van der Waals surface area contributed by atoms with Gasteiger partial charge in [0.2, 0.25) is 0 Å². The van der Waals surface area contributed by atoms with Crippen LogP contribution in [0, 0.1) is 5.92 Å². The molecule has 1 N–H and O–H groups in total. The number of nitrogens with one attached hydrogen (secondary N) is 1. The van der Waals surface area contributed by atoms with Crippen LogP contribution in [0.5, 0.6) is 0 Å². The van der Waals surface area contributed by atoms with E-state index >= 15 is 0 Å². The Morgan fingerprint density at radius 2 is 1.11 bits per heavy atom. The molecule has 0 radical (unpaired) electrons. The van der Waals surface area contributed by atoms with E-state index in [1.54, 1.807) is 0 Å². The van der Waals surface area contributed by atoms with Gasteiger partial charge in [-0.1, -0.05) is 0 Å². The van der Waals surface area contributed by atoms with Crippen LogP contribution in [-0.4, -0.2) is 5.91 Å². The van der Waals surface area contributed by atoms with Gasteiger partial charge in [0.1, 0.15) is 0 Å². The summed E-state index contributed by atoms with van der Waals surface area (Å²) in [6.07, 6.45) is 6.04. The molecule has 184 valence electrons. The molecule has 0 aromatic heterocycles. The van der Waals surface area contributed by atoms with Crippen molar-refractivity contribution in [2.75, 3.05) is 5.32 Å². The van der Waals surface area contributed by atoms with Gasteiger partial charge in [-0.2, -0.15) is 0 Å². The van der Waals surface area contributed by atoms with E-state index in [0.29, 0.717) is 6.16 Å². The normalized spacial score (nSPS) is 15.5. The molecule has 0 spiro atoms.